The van der Waals surface area contributed by atoms with Crippen molar-refractivity contribution in [1.29, 1.82) is 0 Å². The molecule has 0 saturated heterocycles. The fourth-order valence-electron chi connectivity index (χ4n) is 2.80. The third-order valence-electron chi connectivity index (χ3n) is 3.97. The molecule has 4 rings (SSSR count). The molecule has 5 heteroatoms. The lowest BCUT2D eigenvalue weighted by Gasteiger charge is -2.31. The van der Waals surface area contributed by atoms with Gasteiger partial charge in [0.1, 0.15) is 0 Å². The number of fused-ring (bicyclic) bond motifs is 2. The Morgan fingerprint density at radius 1 is 0.880 bits per heavy atom. The van der Waals surface area contributed by atoms with Gasteiger partial charge in [-0.25, -0.2) is 0 Å². The number of nitrogens with one attached hydrogen (secondary N) is 1. The number of hydrogen-bond donors (Lipinski definition) is 1. The Kier molecular flexibility index (Phi) is 4.67. The SMILES string of the molecule is O=C(CNc1ccc(I)cc1)N1c2ccccc2Sc2ccccc21. The topological polar surface area (TPSA) is 32.3 Å². The second-order valence-corrected chi connectivity index (χ2v) is 7.96. The van der Waals surface area contributed by atoms with Gasteiger partial charge in [-0.3, -0.25) is 9.69 Å². The number of hydrogen-bond acceptors (Lipinski definition) is 3. The first-order chi connectivity index (χ1) is 12.2. The molecule has 124 valence electrons. The van der Waals surface area contributed by atoms with Gasteiger partial charge in [0.2, 0.25) is 0 Å². The summed E-state index contributed by atoms with van der Waals surface area (Å²) >= 11 is 3.97. The van der Waals surface area contributed by atoms with E-state index in [9.17, 15) is 4.79 Å². The van der Waals surface area contributed by atoms with Gasteiger partial charge in [-0.05, 0) is 71.1 Å². The van der Waals surface area contributed by atoms with Crippen molar-refractivity contribution in [3.63, 3.8) is 0 Å². The van der Waals surface area contributed by atoms with Gasteiger partial charge in [-0.15, -0.1) is 0 Å². The molecule has 3 aromatic carbocycles. The highest BCUT2D eigenvalue weighted by Crippen LogP contribution is 2.47. The summed E-state index contributed by atoms with van der Waals surface area (Å²) in [7, 11) is 0. The van der Waals surface area contributed by atoms with Crippen molar-refractivity contribution in [3.8, 4) is 0 Å². The molecule has 0 radical (unpaired) electrons. The molecule has 1 aliphatic heterocycles. The highest BCUT2D eigenvalue weighted by molar-refractivity contribution is 14.1. The third kappa shape index (κ3) is 3.39. The minimum Gasteiger partial charge on any atom is -0.376 e. The lowest BCUT2D eigenvalue weighted by Crippen LogP contribution is -2.33. The normalized spacial score (nSPS) is 12.3. The summed E-state index contributed by atoms with van der Waals surface area (Å²) in [5.41, 5.74) is 2.84. The number of benzene rings is 3. The van der Waals surface area contributed by atoms with E-state index >= 15 is 0 Å². The summed E-state index contributed by atoms with van der Waals surface area (Å²) < 4.78 is 1.17. The molecule has 1 amide bonds. The molecule has 3 aromatic rings. The molecule has 0 aliphatic carbocycles. The fraction of sp³-hybridized carbons (Fsp3) is 0.0500. The van der Waals surface area contributed by atoms with Crippen LogP contribution in [0.15, 0.2) is 82.6 Å². The minimum absolute atomic E-state index is 0.0266. The van der Waals surface area contributed by atoms with Crippen LogP contribution >= 0.6 is 34.4 Å². The van der Waals surface area contributed by atoms with Crippen LogP contribution in [0.2, 0.25) is 0 Å². The molecule has 25 heavy (non-hydrogen) atoms. The van der Waals surface area contributed by atoms with Crippen LogP contribution in [0.5, 0.6) is 0 Å². The highest BCUT2D eigenvalue weighted by atomic mass is 127. The van der Waals surface area contributed by atoms with Crippen LogP contribution in [0.1, 0.15) is 0 Å². The Balaban J connectivity index is 1.62. The monoisotopic (exact) mass is 458 g/mol. The maximum atomic E-state index is 13.0. The van der Waals surface area contributed by atoms with Gasteiger partial charge in [0.05, 0.1) is 17.9 Å². The lowest BCUT2D eigenvalue weighted by atomic mass is 10.2. The van der Waals surface area contributed by atoms with E-state index in [0.717, 1.165) is 26.9 Å². The molecular weight excluding hydrogens is 443 g/mol. The Morgan fingerprint density at radius 2 is 1.44 bits per heavy atom. The molecule has 0 aromatic heterocycles. The van der Waals surface area contributed by atoms with Crippen molar-refractivity contribution in [2.75, 3.05) is 16.8 Å². The average molecular weight is 458 g/mol. The number of carbonyl (C=O) groups excluding carboxylic acids is 1. The molecule has 0 saturated carbocycles. The second-order valence-electron chi connectivity index (χ2n) is 5.63. The molecule has 0 fully saturated rings. The Hall–Kier alpha value is -1.99. The maximum Gasteiger partial charge on any atom is 0.250 e. The van der Waals surface area contributed by atoms with Gasteiger partial charge in [-0.1, -0.05) is 36.0 Å². The quantitative estimate of drug-likeness (QED) is 0.524. The van der Waals surface area contributed by atoms with Crippen LogP contribution in [0.25, 0.3) is 0 Å². The summed E-state index contributed by atoms with van der Waals surface area (Å²) in [6, 6.07) is 24.1. The van der Waals surface area contributed by atoms with E-state index in [1.54, 1.807) is 11.8 Å². The van der Waals surface area contributed by atoms with E-state index in [1.807, 2.05) is 65.6 Å². The van der Waals surface area contributed by atoms with Crippen molar-refractivity contribution in [2.45, 2.75) is 9.79 Å². The standard InChI is InChI=1S/C20H15IN2OS/c21-14-9-11-15(12-10-14)22-13-20(24)23-16-5-1-3-7-18(16)25-19-8-4-2-6-17(19)23/h1-12,22H,13H2. The fourth-order valence-corrected chi connectivity index (χ4v) is 4.22. The molecule has 0 atom stereocenters. The van der Waals surface area contributed by atoms with Gasteiger partial charge < -0.3 is 5.32 Å². The molecule has 0 spiro atoms. The van der Waals surface area contributed by atoms with Gasteiger partial charge in [-0.2, -0.15) is 0 Å². The van der Waals surface area contributed by atoms with Crippen molar-refractivity contribution in [1.82, 2.24) is 0 Å². The van der Waals surface area contributed by atoms with Gasteiger partial charge >= 0.3 is 0 Å². The summed E-state index contributed by atoms with van der Waals surface area (Å²) in [6.07, 6.45) is 0. The zero-order valence-corrected chi connectivity index (χ0v) is 16.3. The Labute approximate surface area is 164 Å². The molecule has 0 unspecified atom stereocenters. The Morgan fingerprint density at radius 3 is 2.04 bits per heavy atom. The largest absolute Gasteiger partial charge is 0.376 e. The molecule has 0 bridgehead atoms. The first kappa shape index (κ1) is 16.5. The van der Waals surface area contributed by atoms with Crippen molar-refractivity contribution in [2.24, 2.45) is 0 Å². The number of anilines is 3. The molecular formula is C20H15IN2OS. The van der Waals surface area contributed by atoms with Crippen LogP contribution in [0.3, 0.4) is 0 Å². The van der Waals surface area contributed by atoms with E-state index in [4.69, 9.17) is 0 Å². The molecule has 1 heterocycles. The molecule has 3 nitrogen and oxygen atoms in total. The number of carbonyl (C=O) groups is 1. The van der Waals surface area contributed by atoms with Crippen molar-refractivity contribution in [3.05, 3.63) is 76.4 Å². The van der Waals surface area contributed by atoms with Crippen LogP contribution in [-0.2, 0) is 4.79 Å². The van der Waals surface area contributed by atoms with Crippen molar-refractivity contribution >= 4 is 57.3 Å². The van der Waals surface area contributed by atoms with Gasteiger partial charge in [0.15, 0.2) is 0 Å². The highest BCUT2D eigenvalue weighted by Gasteiger charge is 2.27. The van der Waals surface area contributed by atoms with E-state index in [-0.39, 0.29) is 12.5 Å². The Bertz CT molecular complexity index is 881. The summed E-state index contributed by atoms with van der Waals surface area (Å²) in [5, 5.41) is 3.23. The number of rotatable bonds is 3. The number of amides is 1. The summed E-state index contributed by atoms with van der Waals surface area (Å²) in [5.74, 6) is 0.0266. The summed E-state index contributed by atoms with van der Waals surface area (Å²) in [4.78, 5) is 17.0. The van der Waals surface area contributed by atoms with Crippen molar-refractivity contribution < 1.29 is 4.79 Å². The smallest absolute Gasteiger partial charge is 0.250 e. The van der Waals surface area contributed by atoms with E-state index in [0.29, 0.717) is 0 Å². The number of nitrogens with zero attached hydrogens (tertiary/aromatic N) is 1. The van der Waals surface area contributed by atoms with Crippen LogP contribution < -0.4 is 10.2 Å². The third-order valence-corrected chi connectivity index (χ3v) is 5.82. The van der Waals surface area contributed by atoms with Crippen LogP contribution in [0, 0.1) is 3.57 Å². The van der Waals surface area contributed by atoms with Crippen LogP contribution in [0.4, 0.5) is 17.1 Å². The number of halogens is 1. The lowest BCUT2D eigenvalue weighted by molar-refractivity contribution is -0.116. The minimum atomic E-state index is 0.0266. The van der Waals surface area contributed by atoms with Crippen LogP contribution in [-0.4, -0.2) is 12.5 Å². The first-order valence-corrected chi connectivity index (χ1v) is 9.80. The van der Waals surface area contributed by atoms with E-state index < -0.39 is 0 Å². The van der Waals surface area contributed by atoms with E-state index in [1.165, 1.54) is 3.57 Å². The zero-order valence-electron chi connectivity index (χ0n) is 13.3. The van der Waals surface area contributed by atoms with Gasteiger partial charge in [0.25, 0.3) is 5.91 Å². The van der Waals surface area contributed by atoms with Gasteiger partial charge in [0, 0.05) is 19.0 Å². The first-order valence-electron chi connectivity index (χ1n) is 7.91. The number of para-hydroxylation sites is 2. The predicted molar refractivity (Wildman–Crippen MR) is 112 cm³/mol. The zero-order chi connectivity index (χ0) is 17.2. The predicted octanol–water partition coefficient (Wildman–Crippen LogP) is 5.53. The average Bonchev–Trinajstić information content (AvgIpc) is 2.65. The maximum absolute atomic E-state index is 13.0. The summed E-state index contributed by atoms with van der Waals surface area (Å²) in [6.45, 7) is 0.244. The molecule has 1 N–H and O–H groups in total. The van der Waals surface area contributed by atoms with E-state index in [2.05, 4.69) is 40.0 Å². The molecule has 1 aliphatic rings. The second kappa shape index (κ2) is 7.09.